The van der Waals surface area contributed by atoms with Gasteiger partial charge in [-0.1, -0.05) is 18.2 Å². The van der Waals surface area contributed by atoms with Gasteiger partial charge in [0.15, 0.2) is 0 Å². The maximum Gasteiger partial charge on any atom is 0.309 e. The van der Waals surface area contributed by atoms with Gasteiger partial charge in [0.25, 0.3) is 0 Å². The van der Waals surface area contributed by atoms with Crippen molar-refractivity contribution < 1.29 is 14.1 Å². The van der Waals surface area contributed by atoms with Crippen LogP contribution in [0.15, 0.2) is 42.9 Å². The van der Waals surface area contributed by atoms with E-state index in [4.69, 9.17) is 0 Å². The number of aromatic nitrogens is 4. The van der Waals surface area contributed by atoms with Crippen LogP contribution in [0.3, 0.4) is 0 Å². The molecule has 0 radical (unpaired) electrons. The van der Waals surface area contributed by atoms with Crippen LogP contribution in [0, 0.1) is 22.9 Å². The third-order valence-electron chi connectivity index (χ3n) is 3.63. The van der Waals surface area contributed by atoms with E-state index in [0.717, 1.165) is 0 Å². The summed E-state index contributed by atoms with van der Waals surface area (Å²) >= 11 is 0. The number of carbonyl (C=O) groups is 1. The third-order valence-corrected chi connectivity index (χ3v) is 3.63. The molecule has 0 aliphatic heterocycles. The zero-order chi connectivity index (χ0) is 18.7. The molecule has 2 aromatic heterocycles. The average molecular weight is 358 g/mol. The Morgan fingerprint density at radius 3 is 2.77 bits per heavy atom. The monoisotopic (exact) mass is 358 g/mol. The Labute approximate surface area is 147 Å². The van der Waals surface area contributed by atoms with Crippen molar-refractivity contribution in [3.05, 3.63) is 70.0 Å². The summed E-state index contributed by atoms with van der Waals surface area (Å²) in [6, 6.07) is 6.36. The Hall–Kier alpha value is -3.56. The summed E-state index contributed by atoms with van der Waals surface area (Å²) in [5.74, 6) is -0.739. The lowest BCUT2D eigenvalue weighted by Crippen LogP contribution is -2.18. The van der Waals surface area contributed by atoms with Gasteiger partial charge < -0.3 is 5.32 Å². The SMILES string of the molecule is Cc1nn(CC(=O)Nc2cnn(Cc3ccccc3F)c2)cc1[N+](=O)[O-]. The predicted molar refractivity (Wildman–Crippen MR) is 90.0 cm³/mol. The smallest absolute Gasteiger partial charge is 0.309 e. The van der Waals surface area contributed by atoms with Gasteiger partial charge in [0.05, 0.1) is 23.4 Å². The number of anilines is 1. The minimum Gasteiger partial charge on any atom is -0.322 e. The molecule has 3 rings (SSSR count). The molecule has 0 bridgehead atoms. The van der Waals surface area contributed by atoms with E-state index in [1.165, 1.54) is 34.7 Å². The number of rotatable bonds is 6. The Balaban J connectivity index is 1.62. The molecule has 0 unspecified atom stereocenters. The van der Waals surface area contributed by atoms with Crippen LogP contribution in [-0.4, -0.2) is 30.4 Å². The van der Waals surface area contributed by atoms with Crippen LogP contribution in [0.2, 0.25) is 0 Å². The van der Waals surface area contributed by atoms with E-state index in [1.54, 1.807) is 24.4 Å². The second-order valence-electron chi connectivity index (χ2n) is 5.62. The van der Waals surface area contributed by atoms with E-state index < -0.39 is 10.8 Å². The van der Waals surface area contributed by atoms with Gasteiger partial charge in [0, 0.05) is 11.8 Å². The van der Waals surface area contributed by atoms with Crippen LogP contribution in [-0.2, 0) is 17.9 Å². The van der Waals surface area contributed by atoms with Crippen molar-refractivity contribution in [3.8, 4) is 0 Å². The van der Waals surface area contributed by atoms with Crippen molar-refractivity contribution >= 4 is 17.3 Å². The first kappa shape index (κ1) is 17.3. The number of aryl methyl sites for hydroxylation is 1. The number of nitrogens with one attached hydrogen (secondary N) is 1. The van der Waals surface area contributed by atoms with E-state index in [2.05, 4.69) is 15.5 Å². The maximum absolute atomic E-state index is 13.7. The second kappa shape index (κ2) is 7.13. The largest absolute Gasteiger partial charge is 0.322 e. The Morgan fingerprint density at radius 2 is 2.08 bits per heavy atom. The molecule has 0 aliphatic rings. The van der Waals surface area contributed by atoms with Crippen molar-refractivity contribution in [3.63, 3.8) is 0 Å². The molecule has 0 atom stereocenters. The van der Waals surface area contributed by atoms with Gasteiger partial charge in [-0.25, -0.2) is 4.39 Å². The molecule has 134 valence electrons. The van der Waals surface area contributed by atoms with Crippen LogP contribution < -0.4 is 5.32 Å². The molecule has 3 aromatic rings. The number of halogens is 1. The molecule has 1 aromatic carbocycles. The summed E-state index contributed by atoms with van der Waals surface area (Å²) in [6.07, 6.45) is 4.22. The van der Waals surface area contributed by atoms with Crippen molar-refractivity contribution in [2.75, 3.05) is 5.32 Å². The highest BCUT2D eigenvalue weighted by Crippen LogP contribution is 2.15. The van der Waals surface area contributed by atoms with Gasteiger partial charge in [0.2, 0.25) is 5.91 Å². The fourth-order valence-electron chi connectivity index (χ4n) is 2.43. The summed E-state index contributed by atoms with van der Waals surface area (Å²) in [5.41, 5.74) is 1.01. The van der Waals surface area contributed by atoms with Crippen LogP contribution >= 0.6 is 0 Å². The Morgan fingerprint density at radius 1 is 1.31 bits per heavy atom. The number of nitrogens with zero attached hydrogens (tertiary/aromatic N) is 5. The molecular formula is C16H15FN6O3. The highest BCUT2D eigenvalue weighted by Gasteiger charge is 2.17. The lowest BCUT2D eigenvalue weighted by Gasteiger charge is -2.03. The number of hydrogen-bond donors (Lipinski definition) is 1. The van der Waals surface area contributed by atoms with Crippen LogP contribution in [0.25, 0.3) is 0 Å². The quantitative estimate of drug-likeness (QED) is 0.536. The number of nitro groups is 1. The fourth-order valence-corrected chi connectivity index (χ4v) is 2.43. The minimum absolute atomic E-state index is 0.143. The highest BCUT2D eigenvalue weighted by molar-refractivity contribution is 5.90. The van der Waals surface area contributed by atoms with Crippen LogP contribution in [0.4, 0.5) is 15.8 Å². The molecule has 0 fully saturated rings. The average Bonchev–Trinajstić information content (AvgIpc) is 3.16. The van der Waals surface area contributed by atoms with Gasteiger partial charge in [-0.15, -0.1) is 0 Å². The first-order valence-electron chi connectivity index (χ1n) is 7.66. The third kappa shape index (κ3) is 3.91. The zero-order valence-corrected chi connectivity index (χ0v) is 13.8. The number of benzene rings is 1. The molecular weight excluding hydrogens is 343 g/mol. The second-order valence-corrected chi connectivity index (χ2v) is 5.62. The minimum atomic E-state index is -0.552. The maximum atomic E-state index is 13.7. The van der Waals surface area contributed by atoms with Gasteiger partial charge in [-0.3, -0.25) is 24.3 Å². The fraction of sp³-hybridized carbons (Fsp3) is 0.188. The van der Waals surface area contributed by atoms with Crippen molar-refractivity contribution in [2.45, 2.75) is 20.0 Å². The Bertz CT molecular complexity index is 965. The van der Waals surface area contributed by atoms with Crippen LogP contribution in [0.5, 0.6) is 0 Å². The summed E-state index contributed by atoms with van der Waals surface area (Å²) < 4.78 is 16.4. The molecule has 1 N–H and O–H groups in total. The van der Waals surface area contributed by atoms with Crippen molar-refractivity contribution in [2.24, 2.45) is 0 Å². The van der Waals surface area contributed by atoms with Gasteiger partial charge in [0.1, 0.15) is 24.3 Å². The van der Waals surface area contributed by atoms with E-state index in [-0.39, 0.29) is 30.3 Å². The molecule has 0 saturated carbocycles. The molecule has 0 spiro atoms. The van der Waals surface area contributed by atoms with Crippen molar-refractivity contribution in [1.82, 2.24) is 19.6 Å². The lowest BCUT2D eigenvalue weighted by molar-refractivity contribution is -0.385. The molecule has 0 saturated heterocycles. The zero-order valence-electron chi connectivity index (χ0n) is 13.8. The number of carbonyl (C=O) groups excluding carboxylic acids is 1. The first-order valence-corrected chi connectivity index (χ1v) is 7.66. The molecule has 2 heterocycles. The topological polar surface area (TPSA) is 108 Å². The van der Waals surface area contributed by atoms with E-state index >= 15 is 0 Å². The molecule has 10 heteroatoms. The van der Waals surface area contributed by atoms with Gasteiger partial charge in [-0.05, 0) is 13.0 Å². The van der Waals surface area contributed by atoms with Gasteiger partial charge in [-0.2, -0.15) is 10.2 Å². The van der Waals surface area contributed by atoms with Crippen LogP contribution in [0.1, 0.15) is 11.3 Å². The molecule has 26 heavy (non-hydrogen) atoms. The standard InChI is InChI=1S/C16H15FN6O3/c1-11-15(23(25)26)9-22(20-11)10-16(24)19-13-6-18-21(8-13)7-12-4-2-3-5-14(12)17/h2-6,8-9H,7,10H2,1H3,(H,19,24). The highest BCUT2D eigenvalue weighted by atomic mass is 19.1. The summed E-state index contributed by atoms with van der Waals surface area (Å²) in [4.78, 5) is 22.3. The molecule has 1 amide bonds. The molecule has 0 aliphatic carbocycles. The summed E-state index contributed by atoms with van der Waals surface area (Å²) in [6.45, 7) is 1.56. The number of hydrogen-bond acceptors (Lipinski definition) is 5. The first-order chi connectivity index (χ1) is 12.4. The predicted octanol–water partition coefficient (Wildman–Crippen LogP) is 2.12. The van der Waals surface area contributed by atoms with E-state index in [9.17, 15) is 19.3 Å². The summed E-state index contributed by atoms with van der Waals surface area (Å²) in [7, 11) is 0. The molecule has 9 nitrogen and oxygen atoms in total. The van der Waals surface area contributed by atoms with E-state index in [1.807, 2.05) is 0 Å². The number of amides is 1. The van der Waals surface area contributed by atoms with Crippen molar-refractivity contribution in [1.29, 1.82) is 0 Å². The van der Waals surface area contributed by atoms with Gasteiger partial charge >= 0.3 is 5.69 Å². The Kier molecular flexibility index (Phi) is 4.74. The normalized spacial score (nSPS) is 10.7. The lowest BCUT2D eigenvalue weighted by atomic mass is 10.2. The summed E-state index contributed by atoms with van der Waals surface area (Å²) in [5, 5.41) is 21.4. The van der Waals surface area contributed by atoms with E-state index in [0.29, 0.717) is 11.3 Å².